The van der Waals surface area contributed by atoms with Gasteiger partial charge >= 0.3 is 0 Å². The van der Waals surface area contributed by atoms with Crippen LogP contribution < -0.4 is 10.2 Å². The Labute approximate surface area is 148 Å². The Bertz CT molecular complexity index is 847. The van der Waals surface area contributed by atoms with Crippen LogP contribution in [-0.4, -0.2) is 36.3 Å². The van der Waals surface area contributed by atoms with E-state index in [1.165, 1.54) is 0 Å². The van der Waals surface area contributed by atoms with Crippen molar-refractivity contribution in [1.29, 1.82) is 0 Å². The highest BCUT2D eigenvalue weighted by Gasteiger charge is 2.16. The van der Waals surface area contributed by atoms with E-state index in [0.717, 1.165) is 45.9 Å². The minimum absolute atomic E-state index is 0.714. The van der Waals surface area contributed by atoms with Gasteiger partial charge in [-0.05, 0) is 36.4 Å². The molecule has 0 spiro atoms. The molecule has 1 fully saturated rings. The molecule has 0 aliphatic carbocycles. The van der Waals surface area contributed by atoms with Gasteiger partial charge in [-0.25, -0.2) is 4.98 Å². The zero-order valence-corrected chi connectivity index (χ0v) is 14.7. The third-order valence-electron chi connectivity index (χ3n) is 3.99. The summed E-state index contributed by atoms with van der Waals surface area (Å²) in [4.78, 5) is 11.7. The summed E-state index contributed by atoms with van der Waals surface area (Å²) in [5, 5.41) is 4.44. The highest BCUT2D eigenvalue weighted by atomic mass is 79.9. The SMILES string of the molecule is Brc1ccc(Nc2nc(N3CCOCC3)nc3ccccc23)cc1. The smallest absolute Gasteiger partial charge is 0.228 e. The average Bonchev–Trinajstić information content (AvgIpc) is 2.64. The van der Waals surface area contributed by atoms with Gasteiger partial charge in [0.15, 0.2) is 0 Å². The molecule has 24 heavy (non-hydrogen) atoms. The molecule has 6 heteroatoms. The number of rotatable bonds is 3. The zero-order chi connectivity index (χ0) is 16.4. The van der Waals surface area contributed by atoms with E-state index in [1.807, 2.05) is 48.5 Å². The van der Waals surface area contributed by atoms with Crippen molar-refractivity contribution >= 4 is 44.3 Å². The van der Waals surface area contributed by atoms with E-state index in [9.17, 15) is 0 Å². The molecule has 3 aromatic rings. The lowest BCUT2D eigenvalue weighted by atomic mass is 10.2. The molecule has 2 heterocycles. The van der Waals surface area contributed by atoms with Crippen molar-refractivity contribution in [3.63, 3.8) is 0 Å². The molecule has 1 aliphatic heterocycles. The Morgan fingerprint density at radius 1 is 0.958 bits per heavy atom. The molecule has 0 atom stereocenters. The van der Waals surface area contributed by atoms with Gasteiger partial charge in [0.05, 0.1) is 18.7 Å². The number of hydrogen-bond donors (Lipinski definition) is 1. The number of aromatic nitrogens is 2. The van der Waals surface area contributed by atoms with Crippen molar-refractivity contribution in [2.75, 3.05) is 36.5 Å². The van der Waals surface area contributed by atoms with Crippen LogP contribution in [0.2, 0.25) is 0 Å². The number of anilines is 3. The molecule has 1 aromatic heterocycles. The van der Waals surface area contributed by atoms with Crippen molar-refractivity contribution in [1.82, 2.24) is 9.97 Å². The molecule has 0 bridgehead atoms. The Kier molecular flexibility index (Phi) is 4.32. The number of halogens is 1. The van der Waals surface area contributed by atoms with E-state index >= 15 is 0 Å². The first kappa shape index (κ1) is 15.4. The first-order valence-corrected chi connectivity index (χ1v) is 8.71. The van der Waals surface area contributed by atoms with Gasteiger partial charge in [-0.2, -0.15) is 4.98 Å². The molecule has 5 nitrogen and oxygen atoms in total. The topological polar surface area (TPSA) is 50.3 Å². The van der Waals surface area contributed by atoms with Gasteiger partial charge in [-0.3, -0.25) is 0 Å². The fourth-order valence-corrected chi connectivity index (χ4v) is 3.00. The number of nitrogens with one attached hydrogen (secondary N) is 1. The molecular formula is C18H17BrN4O. The first-order chi connectivity index (χ1) is 11.8. The number of morpholine rings is 1. The molecule has 0 saturated carbocycles. The second-order valence-electron chi connectivity index (χ2n) is 5.62. The van der Waals surface area contributed by atoms with Crippen molar-refractivity contribution in [2.45, 2.75) is 0 Å². The summed E-state index contributed by atoms with van der Waals surface area (Å²) in [5.74, 6) is 1.57. The minimum Gasteiger partial charge on any atom is -0.378 e. The maximum Gasteiger partial charge on any atom is 0.228 e. The van der Waals surface area contributed by atoms with Gasteiger partial charge in [0, 0.05) is 28.6 Å². The fraction of sp³-hybridized carbons (Fsp3) is 0.222. The van der Waals surface area contributed by atoms with Gasteiger partial charge in [0.2, 0.25) is 5.95 Å². The maximum absolute atomic E-state index is 5.43. The molecule has 0 radical (unpaired) electrons. The Morgan fingerprint density at radius 3 is 2.50 bits per heavy atom. The van der Waals surface area contributed by atoms with Crippen molar-refractivity contribution < 1.29 is 4.74 Å². The van der Waals surface area contributed by atoms with Crippen LogP contribution in [0.1, 0.15) is 0 Å². The van der Waals surface area contributed by atoms with Crippen LogP contribution in [0.4, 0.5) is 17.5 Å². The molecule has 0 amide bonds. The summed E-state index contributed by atoms with van der Waals surface area (Å²) >= 11 is 3.46. The Hall–Kier alpha value is -2.18. The summed E-state index contributed by atoms with van der Waals surface area (Å²) in [6, 6.07) is 16.1. The standard InChI is InChI=1S/C18H17BrN4O/c19-13-5-7-14(8-6-13)20-17-15-3-1-2-4-16(15)21-18(22-17)23-9-11-24-12-10-23/h1-8H,9-12H2,(H,20,21,22). The minimum atomic E-state index is 0.714. The maximum atomic E-state index is 5.43. The molecule has 4 rings (SSSR count). The number of nitrogens with zero attached hydrogens (tertiary/aromatic N) is 3. The molecule has 0 unspecified atom stereocenters. The van der Waals surface area contributed by atoms with Crippen LogP contribution in [0.3, 0.4) is 0 Å². The molecule has 1 aliphatic rings. The number of fused-ring (bicyclic) bond motifs is 1. The van der Waals surface area contributed by atoms with E-state index < -0.39 is 0 Å². The quantitative estimate of drug-likeness (QED) is 0.740. The number of ether oxygens (including phenoxy) is 1. The van der Waals surface area contributed by atoms with Crippen LogP contribution in [0.25, 0.3) is 10.9 Å². The summed E-state index contributed by atoms with van der Waals surface area (Å²) in [5.41, 5.74) is 1.93. The first-order valence-electron chi connectivity index (χ1n) is 7.92. The predicted octanol–water partition coefficient (Wildman–Crippen LogP) is 3.97. The second-order valence-corrected chi connectivity index (χ2v) is 6.54. The highest BCUT2D eigenvalue weighted by Crippen LogP contribution is 2.27. The van der Waals surface area contributed by atoms with E-state index in [0.29, 0.717) is 13.2 Å². The molecule has 1 saturated heterocycles. The summed E-state index contributed by atoms with van der Waals surface area (Å²) in [6.45, 7) is 3.06. The van der Waals surface area contributed by atoms with Gasteiger partial charge in [-0.15, -0.1) is 0 Å². The molecule has 122 valence electrons. The van der Waals surface area contributed by atoms with E-state index in [2.05, 4.69) is 26.1 Å². The number of para-hydroxylation sites is 1. The van der Waals surface area contributed by atoms with Crippen molar-refractivity contribution in [3.05, 3.63) is 53.0 Å². The van der Waals surface area contributed by atoms with Gasteiger partial charge in [-0.1, -0.05) is 28.1 Å². The van der Waals surface area contributed by atoms with Crippen LogP contribution in [-0.2, 0) is 4.74 Å². The summed E-state index contributed by atoms with van der Waals surface area (Å²) < 4.78 is 6.48. The number of benzene rings is 2. The van der Waals surface area contributed by atoms with Gasteiger partial charge in [0.25, 0.3) is 0 Å². The predicted molar refractivity (Wildman–Crippen MR) is 100.0 cm³/mol. The normalized spacial score (nSPS) is 14.8. The third kappa shape index (κ3) is 3.20. The van der Waals surface area contributed by atoms with E-state index in [4.69, 9.17) is 14.7 Å². The number of hydrogen-bond acceptors (Lipinski definition) is 5. The lowest BCUT2D eigenvalue weighted by molar-refractivity contribution is 0.122. The van der Waals surface area contributed by atoms with E-state index in [1.54, 1.807) is 0 Å². The van der Waals surface area contributed by atoms with Crippen LogP contribution in [0.5, 0.6) is 0 Å². The third-order valence-corrected chi connectivity index (χ3v) is 4.52. The average molecular weight is 385 g/mol. The van der Waals surface area contributed by atoms with Crippen molar-refractivity contribution in [3.8, 4) is 0 Å². The zero-order valence-electron chi connectivity index (χ0n) is 13.1. The Morgan fingerprint density at radius 2 is 1.71 bits per heavy atom. The molecule has 2 aromatic carbocycles. The lowest BCUT2D eigenvalue weighted by Crippen LogP contribution is -2.37. The van der Waals surface area contributed by atoms with Crippen LogP contribution >= 0.6 is 15.9 Å². The summed E-state index contributed by atoms with van der Waals surface area (Å²) in [7, 11) is 0. The lowest BCUT2D eigenvalue weighted by Gasteiger charge is -2.27. The molecular weight excluding hydrogens is 368 g/mol. The van der Waals surface area contributed by atoms with Gasteiger partial charge < -0.3 is 15.0 Å². The largest absolute Gasteiger partial charge is 0.378 e. The Balaban J connectivity index is 1.75. The fourth-order valence-electron chi connectivity index (χ4n) is 2.73. The van der Waals surface area contributed by atoms with Crippen LogP contribution in [0, 0.1) is 0 Å². The van der Waals surface area contributed by atoms with Crippen LogP contribution in [0.15, 0.2) is 53.0 Å². The second kappa shape index (κ2) is 6.75. The summed E-state index contributed by atoms with van der Waals surface area (Å²) in [6.07, 6.45) is 0. The highest BCUT2D eigenvalue weighted by molar-refractivity contribution is 9.10. The van der Waals surface area contributed by atoms with Gasteiger partial charge in [0.1, 0.15) is 5.82 Å². The monoisotopic (exact) mass is 384 g/mol. The van der Waals surface area contributed by atoms with Crippen molar-refractivity contribution in [2.24, 2.45) is 0 Å². The molecule has 1 N–H and O–H groups in total. The van der Waals surface area contributed by atoms with E-state index in [-0.39, 0.29) is 0 Å².